The topological polar surface area (TPSA) is 64.0 Å². The lowest BCUT2D eigenvalue weighted by atomic mass is 9.95. The van der Waals surface area contributed by atoms with E-state index >= 15 is 0 Å². The Kier molecular flexibility index (Phi) is 5.09. The number of rotatable bonds is 5. The molecule has 28 heavy (non-hydrogen) atoms. The average Bonchev–Trinajstić information content (AvgIpc) is 3.21. The predicted molar refractivity (Wildman–Crippen MR) is 107 cm³/mol. The van der Waals surface area contributed by atoms with Crippen molar-refractivity contribution in [3.05, 3.63) is 77.2 Å². The normalized spacial score (nSPS) is 16.6. The van der Waals surface area contributed by atoms with E-state index in [2.05, 4.69) is 10.4 Å². The minimum absolute atomic E-state index is 0.141. The quantitative estimate of drug-likeness (QED) is 0.710. The lowest BCUT2D eigenvalue weighted by Gasteiger charge is -2.17. The molecule has 0 saturated heterocycles. The Labute approximate surface area is 165 Å². The maximum atomic E-state index is 13.3. The van der Waals surface area contributed by atoms with Gasteiger partial charge in [0.2, 0.25) is 5.91 Å². The molecule has 0 aliphatic carbocycles. The first-order valence-corrected chi connectivity index (χ1v) is 10.6. The second kappa shape index (κ2) is 7.67. The minimum Gasteiger partial charge on any atom is -0.310 e. The molecule has 0 bridgehead atoms. The lowest BCUT2D eigenvalue weighted by molar-refractivity contribution is -0.117. The number of benzene rings is 2. The zero-order chi connectivity index (χ0) is 19.7. The van der Waals surface area contributed by atoms with Crippen molar-refractivity contribution >= 4 is 22.5 Å². The monoisotopic (exact) mass is 397 g/mol. The van der Waals surface area contributed by atoms with Crippen molar-refractivity contribution in [1.29, 1.82) is 0 Å². The SMILES string of the molecule is CC[C@H](C(=O)Nc1c2c(nn1-c1ccc(F)cc1)C[S@@](=O)C2)c1ccccc1. The number of hydrogen-bond acceptors (Lipinski definition) is 3. The van der Waals surface area contributed by atoms with Crippen LogP contribution in [0, 0.1) is 5.82 Å². The van der Waals surface area contributed by atoms with Crippen LogP contribution >= 0.6 is 0 Å². The molecule has 3 aromatic rings. The summed E-state index contributed by atoms with van der Waals surface area (Å²) in [4.78, 5) is 13.1. The van der Waals surface area contributed by atoms with Crippen LogP contribution in [0.1, 0.15) is 36.1 Å². The fourth-order valence-corrected chi connectivity index (χ4v) is 4.75. The molecular weight excluding hydrogens is 377 g/mol. The van der Waals surface area contributed by atoms with Gasteiger partial charge in [0, 0.05) is 16.4 Å². The van der Waals surface area contributed by atoms with Crippen molar-refractivity contribution in [3.8, 4) is 5.69 Å². The fourth-order valence-electron chi connectivity index (χ4n) is 3.49. The van der Waals surface area contributed by atoms with Crippen molar-refractivity contribution in [2.24, 2.45) is 0 Å². The van der Waals surface area contributed by atoms with Crippen LogP contribution in [0.2, 0.25) is 0 Å². The molecule has 2 atom stereocenters. The molecule has 1 aliphatic heterocycles. The summed E-state index contributed by atoms with van der Waals surface area (Å²) in [6.07, 6.45) is 0.647. The van der Waals surface area contributed by atoms with Crippen LogP contribution in [0.5, 0.6) is 0 Å². The third-order valence-corrected chi connectivity index (χ3v) is 6.12. The second-order valence-electron chi connectivity index (χ2n) is 6.75. The van der Waals surface area contributed by atoms with E-state index in [1.165, 1.54) is 12.1 Å². The maximum absolute atomic E-state index is 13.3. The summed E-state index contributed by atoms with van der Waals surface area (Å²) in [5, 5.41) is 7.55. The van der Waals surface area contributed by atoms with Gasteiger partial charge in [-0.3, -0.25) is 9.00 Å². The van der Waals surface area contributed by atoms with Gasteiger partial charge in [-0.1, -0.05) is 37.3 Å². The Morgan fingerprint density at radius 2 is 1.89 bits per heavy atom. The first-order chi connectivity index (χ1) is 13.6. The smallest absolute Gasteiger partial charge is 0.233 e. The summed E-state index contributed by atoms with van der Waals surface area (Å²) in [5.41, 5.74) is 3.09. The van der Waals surface area contributed by atoms with Gasteiger partial charge in [-0.25, -0.2) is 9.07 Å². The van der Waals surface area contributed by atoms with Crippen molar-refractivity contribution < 1.29 is 13.4 Å². The Bertz CT molecular complexity index is 1030. The number of amides is 1. The molecule has 5 nitrogen and oxygen atoms in total. The van der Waals surface area contributed by atoms with E-state index in [-0.39, 0.29) is 17.6 Å². The van der Waals surface area contributed by atoms with Gasteiger partial charge in [0.15, 0.2) is 0 Å². The highest BCUT2D eigenvalue weighted by Gasteiger charge is 2.29. The van der Waals surface area contributed by atoms with Gasteiger partial charge in [0.25, 0.3) is 0 Å². The number of carbonyl (C=O) groups excluding carboxylic acids is 1. The van der Waals surface area contributed by atoms with Gasteiger partial charge < -0.3 is 5.32 Å². The fraction of sp³-hybridized carbons (Fsp3) is 0.238. The highest BCUT2D eigenvalue weighted by atomic mass is 32.2. The van der Waals surface area contributed by atoms with Crippen LogP contribution < -0.4 is 5.32 Å². The summed E-state index contributed by atoms with van der Waals surface area (Å²) in [7, 11) is -1.02. The van der Waals surface area contributed by atoms with E-state index in [0.29, 0.717) is 35.1 Å². The van der Waals surface area contributed by atoms with Crippen LogP contribution in [0.3, 0.4) is 0 Å². The van der Waals surface area contributed by atoms with Gasteiger partial charge in [0.1, 0.15) is 11.6 Å². The summed E-state index contributed by atoms with van der Waals surface area (Å²) in [6.45, 7) is 1.97. The first kappa shape index (κ1) is 18.6. The molecule has 1 amide bonds. The number of halogens is 1. The van der Waals surface area contributed by atoms with E-state index in [0.717, 1.165) is 11.1 Å². The zero-order valence-electron chi connectivity index (χ0n) is 15.4. The van der Waals surface area contributed by atoms with Gasteiger partial charge in [-0.15, -0.1) is 0 Å². The number of carbonyl (C=O) groups is 1. The molecule has 1 aromatic heterocycles. The molecule has 0 saturated carbocycles. The van der Waals surface area contributed by atoms with Gasteiger partial charge >= 0.3 is 0 Å². The van der Waals surface area contributed by atoms with E-state index in [1.54, 1.807) is 16.8 Å². The highest BCUT2D eigenvalue weighted by molar-refractivity contribution is 7.83. The minimum atomic E-state index is -1.02. The van der Waals surface area contributed by atoms with E-state index in [4.69, 9.17) is 0 Å². The molecule has 4 rings (SSSR count). The van der Waals surface area contributed by atoms with Crippen molar-refractivity contribution in [1.82, 2.24) is 9.78 Å². The van der Waals surface area contributed by atoms with Gasteiger partial charge in [-0.05, 0) is 36.2 Å². The third-order valence-electron chi connectivity index (χ3n) is 4.91. The van der Waals surface area contributed by atoms with Crippen LogP contribution in [-0.4, -0.2) is 19.9 Å². The summed E-state index contributed by atoms with van der Waals surface area (Å²) >= 11 is 0. The summed E-state index contributed by atoms with van der Waals surface area (Å²) in [5.74, 6) is 0.450. The number of nitrogens with zero attached hydrogens (tertiary/aromatic N) is 2. The first-order valence-electron chi connectivity index (χ1n) is 9.14. The number of fused-ring (bicyclic) bond motifs is 1. The molecule has 7 heteroatoms. The number of nitrogens with one attached hydrogen (secondary N) is 1. The molecular formula is C21H20FN3O2S. The molecule has 0 fully saturated rings. The molecule has 0 unspecified atom stereocenters. The molecule has 2 heterocycles. The van der Waals surface area contributed by atoms with Crippen LogP contribution in [-0.2, 0) is 27.1 Å². The van der Waals surface area contributed by atoms with Crippen molar-refractivity contribution in [2.75, 3.05) is 5.32 Å². The molecule has 2 aromatic carbocycles. The summed E-state index contributed by atoms with van der Waals surface area (Å²) < 4.78 is 26.9. The van der Waals surface area contributed by atoms with Crippen LogP contribution in [0.15, 0.2) is 54.6 Å². The van der Waals surface area contributed by atoms with Crippen molar-refractivity contribution in [3.63, 3.8) is 0 Å². The highest BCUT2D eigenvalue weighted by Crippen LogP contribution is 2.32. The molecule has 144 valence electrons. The Hall–Kier alpha value is -2.80. The zero-order valence-corrected chi connectivity index (χ0v) is 16.2. The van der Waals surface area contributed by atoms with Crippen LogP contribution in [0.25, 0.3) is 5.69 Å². The largest absolute Gasteiger partial charge is 0.310 e. The molecule has 1 aliphatic rings. The number of aromatic nitrogens is 2. The number of anilines is 1. The molecule has 1 N–H and O–H groups in total. The Morgan fingerprint density at radius 1 is 1.18 bits per heavy atom. The average molecular weight is 397 g/mol. The predicted octanol–water partition coefficient (Wildman–Crippen LogP) is 3.91. The van der Waals surface area contributed by atoms with Crippen LogP contribution in [0.4, 0.5) is 10.2 Å². The maximum Gasteiger partial charge on any atom is 0.233 e. The Balaban J connectivity index is 1.71. The number of hydrogen-bond donors (Lipinski definition) is 1. The standard InChI is InChI=1S/C21H20FN3O2S/c1-2-17(14-6-4-3-5-7-14)21(26)23-20-18-12-28(27)13-19(18)24-25(20)16-10-8-15(22)9-11-16/h3-11,17H,2,12-13H2,1H3,(H,23,26)/t17-,28-/m0/s1. The van der Waals surface area contributed by atoms with E-state index in [9.17, 15) is 13.4 Å². The Morgan fingerprint density at radius 3 is 2.57 bits per heavy atom. The molecule has 0 radical (unpaired) electrons. The summed E-state index contributed by atoms with van der Waals surface area (Å²) in [6, 6.07) is 15.5. The lowest BCUT2D eigenvalue weighted by Crippen LogP contribution is -2.23. The second-order valence-corrected chi connectivity index (χ2v) is 8.21. The van der Waals surface area contributed by atoms with E-state index in [1.807, 2.05) is 37.3 Å². The van der Waals surface area contributed by atoms with Crippen molar-refractivity contribution in [2.45, 2.75) is 30.8 Å². The van der Waals surface area contributed by atoms with Gasteiger partial charge in [0.05, 0.1) is 28.8 Å². The molecule has 0 spiro atoms. The third kappa shape index (κ3) is 3.49. The van der Waals surface area contributed by atoms with E-state index < -0.39 is 10.8 Å². The van der Waals surface area contributed by atoms with Gasteiger partial charge in [-0.2, -0.15) is 5.10 Å².